The fraction of sp³-hybridized carbons (Fsp3) is 0.400. The van der Waals surface area contributed by atoms with E-state index in [1.165, 1.54) is 18.5 Å². The molecule has 1 atom stereocenters. The zero-order valence-corrected chi connectivity index (χ0v) is 11.9. The van der Waals surface area contributed by atoms with Gasteiger partial charge in [0.2, 0.25) is 0 Å². The topological polar surface area (TPSA) is 79.7 Å². The van der Waals surface area contributed by atoms with Gasteiger partial charge in [-0.1, -0.05) is 0 Å². The van der Waals surface area contributed by atoms with Gasteiger partial charge in [0.15, 0.2) is 0 Å². The first kappa shape index (κ1) is 15.2. The number of hydrogen-bond acceptors (Lipinski definition) is 4. The van der Waals surface area contributed by atoms with Crippen LogP contribution in [0.1, 0.15) is 28.8 Å². The van der Waals surface area contributed by atoms with E-state index < -0.39 is 5.97 Å². The van der Waals surface area contributed by atoms with Gasteiger partial charge in [-0.15, -0.1) is 0 Å². The largest absolute Gasteiger partial charge is 0.478 e. The lowest BCUT2D eigenvalue weighted by Crippen LogP contribution is -2.34. The summed E-state index contributed by atoms with van der Waals surface area (Å²) < 4.78 is 5.52. The van der Waals surface area contributed by atoms with Gasteiger partial charge < -0.3 is 14.7 Å². The fourth-order valence-corrected chi connectivity index (χ4v) is 2.28. The zero-order valence-electron chi connectivity index (χ0n) is 11.9. The number of carbonyl (C=O) groups is 2. The van der Waals surface area contributed by atoms with E-state index in [9.17, 15) is 9.59 Å². The fourth-order valence-electron chi connectivity index (χ4n) is 2.28. The molecule has 1 saturated heterocycles. The van der Waals surface area contributed by atoms with Crippen molar-refractivity contribution in [1.82, 2.24) is 9.88 Å². The van der Waals surface area contributed by atoms with Crippen LogP contribution < -0.4 is 0 Å². The van der Waals surface area contributed by atoms with Crippen LogP contribution in [0, 0.1) is 0 Å². The van der Waals surface area contributed by atoms with Gasteiger partial charge in [0, 0.05) is 49.8 Å². The van der Waals surface area contributed by atoms with Gasteiger partial charge in [-0.3, -0.25) is 9.78 Å². The molecule has 6 nitrogen and oxygen atoms in total. The summed E-state index contributed by atoms with van der Waals surface area (Å²) in [5.74, 6) is -1.23. The van der Waals surface area contributed by atoms with E-state index in [0.29, 0.717) is 17.7 Å². The lowest BCUT2D eigenvalue weighted by atomic mass is 10.1. The number of amides is 1. The Bertz CT molecular complexity index is 550. The maximum atomic E-state index is 12.5. The summed E-state index contributed by atoms with van der Waals surface area (Å²) in [7, 11) is 1.72. The van der Waals surface area contributed by atoms with Crippen LogP contribution in [0.5, 0.6) is 0 Å². The van der Waals surface area contributed by atoms with Gasteiger partial charge in [-0.2, -0.15) is 0 Å². The van der Waals surface area contributed by atoms with Gasteiger partial charge >= 0.3 is 5.97 Å². The lowest BCUT2D eigenvalue weighted by Gasteiger charge is -2.21. The van der Waals surface area contributed by atoms with Crippen molar-refractivity contribution in [2.75, 3.05) is 20.2 Å². The standard InChI is InChI=1S/C15H18N2O4/c1-17(10-12-3-2-8-21-12)15(20)13-6-7-16-9-11(13)4-5-14(18)19/h4-7,9,12H,2-3,8,10H2,1H3,(H,18,19). The summed E-state index contributed by atoms with van der Waals surface area (Å²) in [5.41, 5.74) is 0.923. The maximum absolute atomic E-state index is 12.5. The molecule has 1 aliphatic heterocycles. The van der Waals surface area contributed by atoms with E-state index in [1.807, 2.05) is 0 Å². The van der Waals surface area contributed by atoms with Crippen molar-refractivity contribution in [3.8, 4) is 0 Å². The monoisotopic (exact) mass is 290 g/mol. The minimum atomic E-state index is -1.06. The Morgan fingerprint density at radius 1 is 1.57 bits per heavy atom. The summed E-state index contributed by atoms with van der Waals surface area (Å²) >= 11 is 0. The molecule has 1 aliphatic rings. The molecule has 2 heterocycles. The average Bonchev–Trinajstić information content (AvgIpc) is 2.97. The third-order valence-corrected chi connectivity index (χ3v) is 3.34. The third kappa shape index (κ3) is 4.13. The minimum Gasteiger partial charge on any atom is -0.478 e. The van der Waals surface area contributed by atoms with Gasteiger partial charge in [0.05, 0.1) is 6.10 Å². The number of carbonyl (C=O) groups excluding carboxylic acids is 1. The normalized spacial score (nSPS) is 18.0. The highest BCUT2D eigenvalue weighted by atomic mass is 16.5. The van der Waals surface area contributed by atoms with Crippen LogP contribution in [0.3, 0.4) is 0 Å². The predicted octanol–water partition coefficient (Wildman–Crippen LogP) is 1.43. The highest BCUT2D eigenvalue weighted by molar-refractivity contribution is 5.98. The average molecular weight is 290 g/mol. The molecule has 112 valence electrons. The summed E-state index contributed by atoms with van der Waals surface area (Å²) in [5, 5.41) is 8.68. The Labute approximate surface area is 123 Å². The van der Waals surface area contributed by atoms with Crippen molar-refractivity contribution in [1.29, 1.82) is 0 Å². The first-order chi connectivity index (χ1) is 10.1. The van der Waals surface area contributed by atoms with Crippen molar-refractivity contribution < 1.29 is 19.4 Å². The van der Waals surface area contributed by atoms with Crippen molar-refractivity contribution in [2.45, 2.75) is 18.9 Å². The van der Waals surface area contributed by atoms with E-state index in [1.54, 1.807) is 18.0 Å². The molecule has 0 radical (unpaired) electrons. The number of aromatic nitrogens is 1. The Morgan fingerprint density at radius 2 is 2.38 bits per heavy atom. The second kappa shape index (κ2) is 6.99. The van der Waals surface area contributed by atoms with Crippen molar-refractivity contribution in [3.63, 3.8) is 0 Å². The molecule has 1 amide bonds. The Balaban J connectivity index is 2.12. The molecule has 0 aromatic carbocycles. The van der Waals surface area contributed by atoms with E-state index in [4.69, 9.17) is 9.84 Å². The molecular formula is C15H18N2O4. The zero-order chi connectivity index (χ0) is 15.2. The molecular weight excluding hydrogens is 272 g/mol. The number of hydrogen-bond donors (Lipinski definition) is 1. The molecule has 1 aromatic rings. The quantitative estimate of drug-likeness (QED) is 0.830. The van der Waals surface area contributed by atoms with E-state index in [-0.39, 0.29) is 12.0 Å². The number of nitrogens with zero attached hydrogens (tertiary/aromatic N) is 2. The Hall–Kier alpha value is -2.21. The first-order valence-electron chi connectivity index (χ1n) is 6.80. The number of rotatable bonds is 5. The van der Waals surface area contributed by atoms with E-state index >= 15 is 0 Å². The molecule has 2 rings (SSSR count). The molecule has 21 heavy (non-hydrogen) atoms. The third-order valence-electron chi connectivity index (χ3n) is 3.34. The number of pyridine rings is 1. The van der Waals surface area contributed by atoms with Gasteiger partial charge in [-0.25, -0.2) is 4.79 Å². The van der Waals surface area contributed by atoms with Gasteiger partial charge in [-0.05, 0) is 25.0 Å². The van der Waals surface area contributed by atoms with Crippen LogP contribution in [0.2, 0.25) is 0 Å². The molecule has 0 aliphatic carbocycles. The SMILES string of the molecule is CN(CC1CCCO1)C(=O)c1ccncc1C=CC(=O)O. The molecule has 0 bridgehead atoms. The molecule has 1 aromatic heterocycles. The number of likely N-dealkylation sites (N-methyl/N-ethyl adjacent to an activating group) is 1. The number of aliphatic carboxylic acids is 1. The molecule has 1 fully saturated rings. The smallest absolute Gasteiger partial charge is 0.328 e. The summed E-state index contributed by atoms with van der Waals surface area (Å²) in [6.45, 7) is 1.28. The van der Waals surface area contributed by atoms with Crippen LogP contribution in [0.4, 0.5) is 0 Å². The molecule has 1 unspecified atom stereocenters. The van der Waals surface area contributed by atoms with E-state index in [2.05, 4.69) is 4.98 Å². The molecule has 0 saturated carbocycles. The van der Waals surface area contributed by atoms with Crippen LogP contribution in [-0.4, -0.2) is 53.2 Å². The van der Waals surface area contributed by atoms with Crippen molar-refractivity contribution in [2.24, 2.45) is 0 Å². The molecule has 1 N–H and O–H groups in total. The number of carboxylic acids is 1. The molecule has 6 heteroatoms. The van der Waals surface area contributed by atoms with Gasteiger partial charge in [0.25, 0.3) is 5.91 Å². The summed E-state index contributed by atoms with van der Waals surface area (Å²) in [6, 6.07) is 1.59. The molecule has 0 spiro atoms. The van der Waals surface area contributed by atoms with Crippen LogP contribution in [-0.2, 0) is 9.53 Å². The Kier molecular flexibility index (Phi) is 5.05. The maximum Gasteiger partial charge on any atom is 0.328 e. The summed E-state index contributed by atoms with van der Waals surface area (Å²) in [6.07, 6.45) is 7.43. The highest BCUT2D eigenvalue weighted by Crippen LogP contribution is 2.16. The number of ether oxygens (including phenoxy) is 1. The minimum absolute atomic E-state index is 0.0822. The predicted molar refractivity (Wildman–Crippen MR) is 76.8 cm³/mol. The van der Waals surface area contributed by atoms with Crippen molar-refractivity contribution >= 4 is 18.0 Å². The van der Waals surface area contributed by atoms with Gasteiger partial charge in [0.1, 0.15) is 0 Å². The Morgan fingerprint density at radius 3 is 3.05 bits per heavy atom. The lowest BCUT2D eigenvalue weighted by molar-refractivity contribution is -0.131. The van der Waals surface area contributed by atoms with Crippen LogP contribution in [0.25, 0.3) is 6.08 Å². The second-order valence-corrected chi connectivity index (χ2v) is 4.96. The highest BCUT2D eigenvalue weighted by Gasteiger charge is 2.21. The van der Waals surface area contributed by atoms with Crippen molar-refractivity contribution in [3.05, 3.63) is 35.7 Å². The van der Waals surface area contributed by atoms with Crippen LogP contribution >= 0.6 is 0 Å². The van der Waals surface area contributed by atoms with Crippen LogP contribution in [0.15, 0.2) is 24.5 Å². The van der Waals surface area contributed by atoms with E-state index in [0.717, 1.165) is 25.5 Å². The second-order valence-electron chi connectivity index (χ2n) is 4.96. The first-order valence-corrected chi connectivity index (χ1v) is 6.80. The summed E-state index contributed by atoms with van der Waals surface area (Å²) in [4.78, 5) is 28.6. The number of carboxylic acid groups (broad SMARTS) is 1.